The van der Waals surface area contributed by atoms with Gasteiger partial charge in [-0.1, -0.05) is 78.1 Å². The Morgan fingerprint density at radius 3 is 1.86 bits per heavy atom. The number of pyridine rings is 1. The number of hydrogen-bond donors (Lipinski definition) is 2. The monoisotopic (exact) mass is 404 g/mol. The van der Waals surface area contributed by atoms with Gasteiger partial charge in [-0.25, -0.2) is 0 Å². The molecule has 0 aliphatic heterocycles. The molecule has 0 atom stereocenters. The van der Waals surface area contributed by atoms with Gasteiger partial charge in [-0.3, -0.25) is 4.98 Å². The fourth-order valence-electron chi connectivity index (χ4n) is 3.84. The topological polar surface area (TPSA) is 40.2 Å². The molecule has 0 spiro atoms. The van der Waals surface area contributed by atoms with Gasteiger partial charge in [0.1, 0.15) is 0 Å². The summed E-state index contributed by atoms with van der Waals surface area (Å²) in [4.78, 5) is 6.90. The lowest BCUT2D eigenvalue weighted by Crippen LogP contribution is -2.28. The highest BCUT2D eigenvalue weighted by Gasteiger charge is 2.06. The van der Waals surface area contributed by atoms with Crippen molar-refractivity contribution in [1.82, 2.24) is 9.88 Å². The smallest absolute Gasteiger partial charge is 0.0759 e. The number of nitrogens with zero attached hydrogens (tertiary/aromatic N) is 2. The molecule has 4 nitrogen and oxygen atoms in total. The molecule has 0 saturated carbocycles. The van der Waals surface area contributed by atoms with E-state index in [0.717, 1.165) is 17.9 Å². The number of rotatable bonds is 20. The van der Waals surface area contributed by atoms with Crippen molar-refractivity contribution < 1.29 is 0 Å². The van der Waals surface area contributed by atoms with Crippen LogP contribution in [0.4, 0.5) is 11.4 Å². The fourth-order valence-corrected chi connectivity index (χ4v) is 3.84. The van der Waals surface area contributed by atoms with Crippen molar-refractivity contribution in [1.29, 1.82) is 0 Å². The van der Waals surface area contributed by atoms with Gasteiger partial charge in [0.2, 0.25) is 0 Å². The molecule has 0 aromatic carbocycles. The highest BCUT2D eigenvalue weighted by molar-refractivity contribution is 5.66. The van der Waals surface area contributed by atoms with E-state index in [1.807, 2.05) is 19.4 Å². The summed E-state index contributed by atoms with van der Waals surface area (Å²) in [5.74, 6) is 0. The van der Waals surface area contributed by atoms with E-state index in [1.54, 1.807) is 0 Å². The summed E-state index contributed by atoms with van der Waals surface area (Å²) in [5, 5.41) is 6.78. The summed E-state index contributed by atoms with van der Waals surface area (Å²) in [6.07, 6.45) is 21.6. The Labute approximate surface area is 181 Å². The van der Waals surface area contributed by atoms with Gasteiger partial charge in [0.15, 0.2) is 0 Å². The average molecular weight is 405 g/mol. The molecular formula is C25H48N4. The predicted octanol–water partition coefficient (Wildman–Crippen LogP) is 6.95. The zero-order chi connectivity index (χ0) is 21.0. The van der Waals surface area contributed by atoms with E-state index in [0.29, 0.717) is 0 Å². The number of unbranched alkanes of at least 4 members (excludes halogenated alkanes) is 10. The first-order valence-corrected chi connectivity index (χ1v) is 12.4. The van der Waals surface area contributed by atoms with Gasteiger partial charge in [-0.15, -0.1) is 0 Å². The molecule has 4 heteroatoms. The van der Waals surface area contributed by atoms with E-state index in [4.69, 9.17) is 0 Å². The third-order valence-corrected chi connectivity index (χ3v) is 5.71. The molecule has 0 unspecified atom stereocenters. The highest BCUT2D eigenvalue weighted by atomic mass is 15.1. The van der Waals surface area contributed by atoms with Gasteiger partial charge in [-0.05, 0) is 45.0 Å². The second kappa shape index (κ2) is 18.7. The van der Waals surface area contributed by atoms with Crippen LogP contribution in [0.3, 0.4) is 0 Å². The molecule has 0 radical (unpaired) electrons. The van der Waals surface area contributed by atoms with Crippen molar-refractivity contribution in [2.75, 3.05) is 43.9 Å². The van der Waals surface area contributed by atoms with Crippen molar-refractivity contribution >= 4 is 11.4 Å². The van der Waals surface area contributed by atoms with Crippen LogP contribution in [-0.2, 0) is 0 Å². The molecule has 1 aromatic heterocycles. The summed E-state index contributed by atoms with van der Waals surface area (Å²) in [6.45, 7) is 9.36. The molecule has 2 N–H and O–H groups in total. The lowest BCUT2D eigenvalue weighted by Gasteiger charge is -2.23. The minimum absolute atomic E-state index is 1.02. The highest BCUT2D eigenvalue weighted by Crippen LogP contribution is 2.18. The Hall–Kier alpha value is -1.29. The van der Waals surface area contributed by atoms with Gasteiger partial charge >= 0.3 is 0 Å². The molecule has 0 fully saturated rings. The van der Waals surface area contributed by atoms with Crippen molar-refractivity contribution in [2.45, 2.75) is 97.3 Å². The van der Waals surface area contributed by atoms with Crippen LogP contribution in [0, 0.1) is 0 Å². The first-order valence-electron chi connectivity index (χ1n) is 12.4. The summed E-state index contributed by atoms with van der Waals surface area (Å²) < 4.78 is 0. The summed E-state index contributed by atoms with van der Waals surface area (Å²) >= 11 is 0. The third-order valence-electron chi connectivity index (χ3n) is 5.71. The van der Waals surface area contributed by atoms with Gasteiger partial charge in [0.05, 0.1) is 17.6 Å². The lowest BCUT2D eigenvalue weighted by molar-refractivity contribution is 0.259. The zero-order valence-electron chi connectivity index (χ0n) is 19.6. The van der Waals surface area contributed by atoms with Gasteiger partial charge in [-0.2, -0.15) is 0 Å². The second-order valence-electron chi connectivity index (χ2n) is 8.33. The molecule has 1 aromatic rings. The van der Waals surface area contributed by atoms with E-state index in [-0.39, 0.29) is 0 Å². The van der Waals surface area contributed by atoms with Crippen LogP contribution in [0.5, 0.6) is 0 Å². The standard InChI is InChI=1S/C25H48N4/c1-4-6-8-10-12-14-20-29(21-15-13-11-9-7-5-2)22-16-18-28-24-17-19-27-23-25(24)26-3/h17,19,23,26H,4-16,18,20-22H2,1-3H3,(H,27,28). The number of aromatic nitrogens is 1. The number of nitrogens with one attached hydrogen (secondary N) is 2. The summed E-state index contributed by atoms with van der Waals surface area (Å²) in [5.41, 5.74) is 2.23. The van der Waals surface area contributed by atoms with Crippen LogP contribution in [0.2, 0.25) is 0 Å². The van der Waals surface area contributed by atoms with Crippen LogP contribution in [0.15, 0.2) is 18.5 Å². The maximum absolute atomic E-state index is 4.18. The van der Waals surface area contributed by atoms with E-state index in [2.05, 4.69) is 40.4 Å². The Kier molecular flexibility index (Phi) is 16.6. The first kappa shape index (κ1) is 25.7. The molecule has 29 heavy (non-hydrogen) atoms. The Balaban J connectivity index is 2.27. The lowest BCUT2D eigenvalue weighted by atomic mass is 10.1. The van der Waals surface area contributed by atoms with Gasteiger partial charge < -0.3 is 15.5 Å². The van der Waals surface area contributed by atoms with Crippen molar-refractivity contribution in [3.8, 4) is 0 Å². The Morgan fingerprint density at radius 1 is 0.724 bits per heavy atom. The molecule has 0 bridgehead atoms. The normalized spacial score (nSPS) is 11.2. The minimum Gasteiger partial charge on any atom is -0.385 e. The molecule has 0 amide bonds. The molecule has 1 rings (SSSR count). The number of anilines is 2. The molecular weight excluding hydrogens is 356 g/mol. The maximum atomic E-state index is 4.18. The molecule has 0 saturated heterocycles. The largest absolute Gasteiger partial charge is 0.385 e. The van der Waals surface area contributed by atoms with E-state index >= 15 is 0 Å². The quantitative estimate of drug-likeness (QED) is 0.231. The summed E-state index contributed by atoms with van der Waals surface area (Å²) in [7, 11) is 1.95. The minimum atomic E-state index is 1.02. The van der Waals surface area contributed by atoms with Gasteiger partial charge in [0, 0.05) is 19.8 Å². The summed E-state index contributed by atoms with van der Waals surface area (Å²) in [6, 6.07) is 2.05. The van der Waals surface area contributed by atoms with Gasteiger partial charge in [0.25, 0.3) is 0 Å². The third kappa shape index (κ3) is 13.5. The Morgan fingerprint density at radius 2 is 1.28 bits per heavy atom. The maximum Gasteiger partial charge on any atom is 0.0759 e. The fraction of sp³-hybridized carbons (Fsp3) is 0.800. The van der Waals surface area contributed by atoms with Crippen LogP contribution < -0.4 is 10.6 Å². The average Bonchev–Trinajstić information content (AvgIpc) is 2.75. The van der Waals surface area contributed by atoms with Crippen LogP contribution in [0.1, 0.15) is 97.3 Å². The van der Waals surface area contributed by atoms with Crippen LogP contribution in [0.25, 0.3) is 0 Å². The van der Waals surface area contributed by atoms with E-state index in [9.17, 15) is 0 Å². The van der Waals surface area contributed by atoms with Crippen LogP contribution >= 0.6 is 0 Å². The molecule has 1 heterocycles. The predicted molar refractivity (Wildman–Crippen MR) is 130 cm³/mol. The molecule has 0 aliphatic carbocycles. The van der Waals surface area contributed by atoms with Crippen molar-refractivity contribution in [3.63, 3.8) is 0 Å². The van der Waals surface area contributed by atoms with Crippen LogP contribution in [-0.4, -0.2) is 43.1 Å². The number of hydrogen-bond acceptors (Lipinski definition) is 4. The molecule has 0 aliphatic rings. The van der Waals surface area contributed by atoms with Crippen molar-refractivity contribution in [3.05, 3.63) is 18.5 Å². The SMILES string of the molecule is CCCCCCCCN(CCCCCCCC)CCCNc1ccncc1NC. The first-order chi connectivity index (χ1) is 14.3. The van der Waals surface area contributed by atoms with E-state index in [1.165, 1.54) is 103 Å². The molecule has 168 valence electrons. The Bertz CT molecular complexity index is 462. The second-order valence-corrected chi connectivity index (χ2v) is 8.33. The zero-order valence-corrected chi connectivity index (χ0v) is 19.6. The van der Waals surface area contributed by atoms with E-state index < -0.39 is 0 Å². The van der Waals surface area contributed by atoms with Crippen molar-refractivity contribution in [2.24, 2.45) is 0 Å².